The molecule has 0 aliphatic carbocycles. The van der Waals surface area contributed by atoms with Crippen molar-refractivity contribution in [1.29, 1.82) is 0 Å². The van der Waals surface area contributed by atoms with E-state index in [2.05, 4.69) is 17.9 Å². The van der Waals surface area contributed by atoms with Crippen LogP contribution >= 0.6 is 12.6 Å². The summed E-state index contributed by atoms with van der Waals surface area (Å²) in [6, 6.07) is 5.90. The number of carbonyl (C=O) groups is 1. The van der Waals surface area contributed by atoms with Gasteiger partial charge in [0, 0.05) is 0 Å². The lowest BCUT2D eigenvalue weighted by atomic mass is 10.3. The van der Waals surface area contributed by atoms with Gasteiger partial charge in [-0.2, -0.15) is 0 Å². The van der Waals surface area contributed by atoms with Crippen LogP contribution in [0.15, 0.2) is 24.3 Å². The Morgan fingerprint density at radius 3 is 2.64 bits per heavy atom. The molecule has 1 N–H and O–H groups in total. The number of rotatable bonds is 1. The van der Waals surface area contributed by atoms with Crippen LogP contribution in [-0.2, 0) is 0 Å². The predicted octanol–water partition coefficient (Wildman–Crippen LogP) is 2.29. The monoisotopic (exact) mass is 171 g/mol. The second-order valence-electron chi connectivity index (χ2n) is 1.91. The highest BCUT2D eigenvalue weighted by atomic mass is 32.1. The molecule has 1 rings (SSSR count). The first kappa shape index (κ1) is 8.07. The van der Waals surface area contributed by atoms with Crippen LogP contribution in [0.5, 0.6) is 0 Å². The number of benzene rings is 1. The van der Waals surface area contributed by atoms with Crippen molar-refractivity contribution >= 4 is 23.6 Å². The molecule has 0 aliphatic rings. The number of thiol groups is 1. The lowest BCUT2D eigenvalue weighted by Gasteiger charge is -2.00. The zero-order chi connectivity index (χ0) is 8.27. The molecule has 0 heterocycles. The van der Waals surface area contributed by atoms with Gasteiger partial charge in [0.2, 0.25) is 0 Å². The molecular weight excluding hydrogens is 165 g/mol. The van der Waals surface area contributed by atoms with Crippen LogP contribution in [0.2, 0.25) is 0 Å². The second kappa shape index (κ2) is 3.39. The van der Waals surface area contributed by atoms with Crippen molar-refractivity contribution in [2.24, 2.45) is 0 Å². The highest BCUT2D eigenvalue weighted by Crippen LogP contribution is 2.12. The SMILES string of the molecule is O=C(S)Nc1ccccc1F. The van der Waals surface area contributed by atoms with E-state index in [-0.39, 0.29) is 5.69 Å². The molecule has 0 saturated heterocycles. The smallest absolute Gasteiger partial charge is 0.280 e. The Bertz CT molecular complexity index is 277. The largest absolute Gasteiger partial charge is 0.314 e. The van der Waals surface area contributed by atoms with Crippen LogP contribution in [0.3, 0.4) is 0 Å². The predicted molar refractivity (Wildman–Crippen MR) is 44.4 cm³/mol. The van der Waals surface area contributed by atoms with E-state index >= 15 is 0 Å². The standard InChI is InChI=1S/C7H6FNOS/c8-5-3-1-2-4-6(5)9-7(10)11/h1-4H,(H2,9,10,11). The van der Waals surface area contributed by atoms with E-state index in [0.717, 1.165) is 0 Å². The topological polar surface area (TPSA) is 29.1 Å². The van der Waals surface area contributed by atoms with Gasteiger partial charge in [0.1, 0.15) is 5.82 Å². The number of halogens is 1. The van der Waals surface area contributed by atoms with Crippen molar-refractivity contribution in [3.05, 3.63) is 30.1 Å². The Hall–Kier alpha value is -1.03. The third-order valence-corrected chi connectivity index (χ3v) is 1.23. The van der Waals surface area contributed by atoms with Gasteiger partial charge < -0.3 is 5.32 Å². The summed E-state index contributed by atoms with van der Waals surface area (Å²) in [5.41, 5.74) is 0.146. The van der Waals surface area contributed by atoms with Gasteiger partial charge in [0.05, 0.1) is 5.69 Å². The minimum absolute atomic E-state index is 0.146. The average Bonchev–Trinajstić information content (AvgIpc) is 1.93. The van der Waals surface area contributed by atoms with Gasteiger partial charge >= 0.3 is 0 Å². The molecule has 1 aromatic carbocycles. The van der Waals surface area contributed by atoms with E-state index in [1.165, 1.54) is 12.1 Å². The number of hydrogen-bond donors (Lipinski definition) is 2. The van der Waals surface area contributed by atoms with Gasteiger partial charge in [-0.05, 0) is 12.1 Å². The van der Waals surface area contributed by atoms with Crippen molar-refractivity contribution < 1.29 is 9.18 Å². The minimum Gasteiger partial charge on any atom is -0.314 e. The summed E-state index contributed by atoms with van der Waals surface area (Å²) in [6.45, 7) is 0. The lowest BCUT2D eigenvalue weighted by molar-refractivity contribution is 0.270. The molecule has 1 amide bonds. The molecule has 0 aromatic heterocycles. The van der Waals surface area contributed by atoms with E-state index in [1.807, 2.05) is 0 Å². The number of nitrogens with one attached hydrogen (secondary N) is 1. The zero-order valence-electron chi connectivity index (χ0n) is 5.54. The van der Waals surface area contributed by atoms with E-state index in [4.69, 9.17) is 0 Å². The first-order chi connectivity index (χ1) is 5.20. The third-order valence-electron chi connectivity index (χ3n) is 1.12. The lowest BCUT2D eigenvalue weighted by Crippen LogP contribution is -2.02. The van der Waals surface area contributed by atoms with E-state index in [9.17, 15) is 9.18 Å². The fourth-order valence-electron chi connectivity index (χ4n) is 0.678. The van der Waals surface area contributed by atoms with Crippen molar-refractivity contribution in [3.63, 3.8) is 0 Å². The molecule has 0 aliphatic heterocycles. The molecule has 2 nitrogen and oxygen atoms in total. The molecule has 58 valence electrons. The summed E-state index contributed by atoms with van der Waals surface area (Å²) in [5.74, 6) is -0.463. The maximum absolute atomic E-state index is 12.7. The van der Waals surface area contributed by atoms with Crippen LogP contribution in [0.1, 0.15) is 0 Å². The van der Waals surface area contributed by atoms with Crippen LogP contribution in [0.25, 0.3) is 0 Å². The fraction of sp³-hybridized carbons (Fsp3) is 0. The van der Waals surface area contributed by atoms with E-state index < -0.39 is 11.1 Å². The van der Waals surface area contributed by atoms with E-state index in [1.54, 1.807) is 12.1 Å². The molecule has 0 bridgehead atoms. The maximum atomic E-state index is 12.7. The van der Waals surface area contributed by atoms with Crippen LogP contribution < -0.4 is 5.32 Å². The van der Waals surface area contributed by atoms with Gasteiger partial charge in [0.25, 0.3) is 5.24 Å². The maximum Gasteiger partial charge on any atom is 0.280 e. The molecule has 1 aromatic rings. The Labute approximate surface area is 68.8 Å². The zero-order valence-corrected chi connectivity index (χ0v) is 6.44. The minimum atomic E-state index is -0.574. The molecule has 0 saturated carbocycles. The van der Waals surface area contributed by atoms with Crippen molar-refractivity contribution in [2.75, 3.05) is 5.32 Å². The van der Waals surface area contributed by atoms with Gasteiger partial charge in [-0.25, -0.2) is 4.39 Å². The fourth-order valence-corrected chi connectivity index (χ4v) is 0.798. The first-order valence-corrected chi connectivity index (χ1v) is 3.39. The Morgan fingerprint density at radius 1 is 1.45 bits per heavy atom. The Balaban J connectivity index is 2.86. The molecule has 0 atom stereocenters. The number of carbonyl (C=O) groups excluding carboxylic acids is 1. The number of hydrogen-bond acceptors (Lipinski definition) is 1. The molecule has 4 heteroatoms. The normalized spacial score (nSPS) is 9.27. The van der Waals surface area contributed by atoms with Gasteiger partial charge in [-0.15, -0.1) is 0 Å². The second-order valence-corrected chi connectivity index (χ2v) is 2.32. The highest BCUT2D eigenvalue weighted by molar-refractivity contribution is 7.96. The number of para-hydroxylation sites is 1. The molecule has 0 fully saturated rings. The van der Waals surface area contributed by atoms with Gasteiger partial charge in [-0.1, -0.05) is 24.8 Å². The van der Waals surface area contributed by atoms with Crippen molar-refractivity contribution in [3.8, 4) is 0 Å². The molecule has 11 heavy (non-hydrogen) atoms. The Morgan fingerprint density at radius 2 is 2.09 bits per heavy atom. The molecular formula is C7H6FNOS. The van der Waals surface area contributed by atoms with Crippen molar-refractivity contribution in [2.45, 2.75) is 0 Å². The third kappa shape index (κ3) is 2.23. The highest BCUT2D eigenvalue weighted by Gasteiger charge is 2.00. The number of amides is 1. The van der Waals surface area contributed by atoms with Gasteiger partial charge in [-0.3, -0.25) is 4.79 Å². The van der Waals surface area contributed by atoms with Crippen LogP contribution in [0.4, 0.5) is 14.9 Å². The summed E-state index contributed by atoms with van der Waals surface area (Å²) >= 11 is 3.44. The summed E-state index contributed by atoms with van der Waals surface area (Å²) < 4.78 is 12.7. The first-order valence-electron chi connectivity index (χ1n) is 2.94. The summed E-state index contributed by atoms with van der Waals surface area (Å²) in [4.78, 5) is 10.4. The van der Waals surface area contributed by atoms with Crippen LogP contribution in [0, 0.1) is 5.82 Å². The Kier molecular flexibility index (Phi) is 2.48. The van der Waals surface area contributed by atoms with Gasteiger partial charge in [0.15, 0.2) is 0 Å². The average molecular weight is 171 g/mol. The molecule has 0 radical (unpaired) electrons. The van der Waals surface area contributed by atoms with Crippen molar-refractivity contribution in [1.82, 2.24) is 0 Å². The van der Waals surface area contributed by atoms with E-state index in [0.29, 0.717) is 0 Å². The number of anilines is 1. The molecule has 0 unspecified atom stereocenters. The van der Waals surface area contributed by atoms with Crippen LogP contribution in [-0.4, -0.2) is 5.24 Å². The summed E-state index contributed by atoms with van der Waals surface area (Å²) in [6.07, 6.45) is 0. The molecule has 0 spiro atoms. The summed E-state index contributed by atoms with van der Waals surface area (Å²) in [7, 11) is 0. The summed E-state index contributed by atoms with van der Waals surface area (Å²) in [5, 5.41) is 1.65. The quantitative estimate of drug-likeness (QED) is 0.623.